The van der Waals surface area contributed by atoms with Gasteiger partial charge in [0.2, 0.25) is 5.91 Å². The van der Waals surface area contributed by atoms with Gasteiger partial charge in [0.05, 0.1) is 6.04 Å². The van der Waals surface area contributed by atoms with Crippen LogP contribution in [-0.2, 0) is 11.2 Å². The number of nitrogens with one attached hydrogen (secondary N) is 1. The van der Waals surface area contributed by atoms with Crippen molar-refractivity contribution < 1.29 is 9.18 Å². The second-order valence-corrected chi connectivity index (χ2v) is 6.60. The molecule has 0 unspecified atom stereocenters. The number of halogens is 1. The van der Waals surface area contributed by atoms with E-state index in [1.165, 1.54) is 23.1 Å². The Bertz CT molecular complexity index is 913. The van der Waals surface area contributed by atoms with E-state index in [-0.39, 0.29) is 17.8 Å². The molecule has 25 heavy (non-hydrogen) atoms. The SMILES string of the molecule is CCCC(=O)N1CCc2c([nH]c3ccccc23)[C@@H]1c1ccc(F)cc1. The molecule has 0 spiro atoms. The summed E-state index contributed by atoms with van der Waals surface area (Å²) < 4.78 is 13.4. The van der Waals surface area contributed by atoms with Crippen LogP contribution in [0.1, 0.15) is 42.6 Å². The number of hydrogen-bond donors (Lipinski definition) is 1. The van der Waals surface area contributed by atoms with Crippen LogP contribution >= 0.6 is 0 Å². The van der Waals surface area contributed by atoms with Crippen molar-refractivity contribution in [3.8, 4) is 0 Å². The third kappa shape index (κ3) is 2.72. The first-order valence-electron chi connectivity index (χ1n) is 8.83. The summed E-state index contributed by atoms with van der Waals surface area (Å²) in [5.41, 5.74) is 4.36. The maximum Gasteiger partial charge on any atom is 0.223 e. The summed E-state index contributed by atoms with van der Waals surface area (Å²) in [4.78, 5) is 18.2. The first kappa shape index (κ1) is 15.9. The molecule has 1 N–H and O–H groups in total. The minimum atomic E-state index is -0.261. The van der Waals surface area contributed by atoms with Gasteiger partial charge in [-0.25, -0.2) is 4.39 Å². The van der Waals surface area contributed by atoms with E-state index in [9.17, 15) is 9.18 Å². The van der Waals surface area contributed by atoms with E-state index in [1.54, 1.807) is 12.1 Å². The first-order valence-corrected chi connectivity index (χ1v) is 8.83. The quantitative estimate of drug-likeness (QED) is 0.746. The zero-order chi connectivity index (χ0) is 17.4. The molecular weight excluding hydrogens is 315 g/mol. The second-order valence-electron chi connectivity index (χ2n) is 6.60. The molecular formula is C21H21FN2O. The third-order valence-corrected chi connectivity index (χ3v) is 5.00. The molecule has 2 aromatic carbocycles. The molecule has 0 fully saturated rings. The molecule has 1 atom stereocenters. The fraction of sp³-hybridized carbons (Fsp3) is 0.286. The molecule has 0 aliphatic carbocycles. The Kier molecular flexibility index (Phi) is 4.04. The number of para-hydroxylation sites is 1. The summed E-state index contributed by atoms with van der Waals surface area (Å²) in [6.07, 6.45) is 2.20. The molecule has 0 saturated carbocycles. The largest absolute Gasteiger partial charge is 0.356 e. The lowest BCUT2D eigenvalue weighted by atomic mass is 9.92. The lowest BCUT2D eigenvalue weighted by Gasteiger charge is -2.36. The fourth-order valence-corrected chi connectivity index (χ4v) is 3.86. The summed E-state index contributed by atoms with van der Waals surface area (Å²) in [5.74, 6) is -0.107. The van der Waals surface area contributed by atoms with Gasteiger partial charge < -0.3 is 9.88 Å². The van der Waals surface area contributed by atoms with E-state index >= 15 is 0 Å². The Morgan fingerprint density at radius 1 is 1.20 bits per heavy atom. The van der Waals surface area contributed by atoms with E-state index in [0.717, 1.165) is 29.6 Å². The van der Waals surface area contributed by atoms with Crippen LogP contribution in [0.2, 0.25) is 0 Å². The van der Waals surface area contributed by atoms with Crippen molar-refractivity contribution in [1.29, 1.82) is 0 Å². The highest BCUT2D eigenvalue weighted by Crippen LogP contribution is 2.38. The molecule has 1 aromatic heterocycles. The van der Waals surface area contributed by atoms with Crippen LogP contribution in [0.5, 0.6) is 0 Å². The molecule has 4 heteroatoms. The van der Waals surface area contributed by atoms with Gasteiger partial charge in [0.1, 0.15) is 5.82 Å². The van der Waals surface area contributed by atoms with Gasteiger partial charge in [-0.1, -0.05) is 37.3 Å². The number of benzene rings is 2. The summed E-state index contributed by atoms with van der Waals surface area (Å²) in [7, 11) is 0. The molecule has 3 nitrogen and oxygen atoms in total. The number of nitrogens with zero attached hydrogens (tertiary/aromatic N) is 1. The van der Waals surface area contributed by atoms with Crippen molar-refractivity contribution in [3.63, 3.8) is 0 Å². The molecule has 1 amide bonds. The lowest BCUT2D eigenvalue weighted by Crippen LogP contribution is -2.40. The van der Waals surface area contributed by atoms with Gasteiger partial charge in [0.25, 0.3) is 0 Å². The van der Waals surface area contributed by atoms with Crippen LogP contribution < -0.4 is 0 Å². The normalized spacial score (nSPS) is 16.9. The van der Waals surface area contributed by atoms with Crippen molar-refractivity contribution in [2.45, 2.75) is 32.2 Å². The smallest absolute Gasteiger partial charge is 0.223 e. The van der Waals surface area contributed by atoms with Crippen molar-refractivity contribution in [3.05, 3.63) is 71.2 Å². The fourth-order valence-electron chi connectivity index (χ4n) is 3.86. The number of rotatable bonds is 3. The molecule has 1 aliphatic rings. The Balaban J connectivity index is 1.87. The van der Waals surface area contributed by atoms with Gasteiger partial charge in [-0.15, -0.1) is 0 Å². The molecule has 1 aliphatic heterocycles. The van der Waals surface area contributed by atoms with E-state index < -0.39 is 0 Å². The van der Waals surface area contributed by atoms with Gasteiger partial charge in [0.15, 0.2) is 0 Å². The van der Waals surface area contributed by atoms with Crippen LogP contribution in [-0.4, -0.2) is 22.3 Å². The molecule has 2 heterocycles. The summed E-state index contributed by atoms with van der Waals surface area (Å²) in [5, 5.41) is 1.22. The molecule has 128 valence electrons. The molecule has 0 bridgehead atoms. The number of fused-ring (bicyclic) bond motifs is 3. The summed E-state index contributed by atoms with van der Waals surface area (Å²) >= 11 is 0. The predicted octanol–water partition coefficient (Wildman–Crippen LogP) is 4.58. The Morgan fingerprint density at radius 3 is 2.72 bits per heavy atom. The topological polar surface area (TPSA) is 36.1 Å². The Hall–Kier alpha value is -2.62. The minimum absolute atomic E-state index is 0.154. The minimum Gasteiger partial charge on any atom is -0.356 e. The van der Waals surface area contributed by atoms with Crippen molar-refractivity contribution in [1.82, 2.24) is 9.88 Å². The van der Waals surface area contributed by atoms with Crippen LogP contribution in [0, 0.1) is 5.82 Å². The predicted molar refractivity (Wildman–Crippen MR) is 96.9 cm³/mol. The van der Waals surface area contributed by atoms with Gasteiger partial charge >= 0.3 is 0 Å². The van der Waals surface area contributed by atoms with Crippen LogP contribution in [0.25, 0.3) is 10.9 Å². The average Bonchev–Trinajstić information content (AvgIpc) is 3.00. The highest BCUT2D eigenvalue weighted by atomic mass is 19.1. The monoisotopic (exact) mass is 336 g/mol. The summed E-state index contributed by atoms with van der Waals surface area (Å²) in [6.45, 7) is 2.71. The number of hydrogen-bond acceptors (Lipinski definition) is 1. The number of H-pyrrole nitrogens is 1. The summed E-state index contributed by atoms with van der Waals surface area (Å²) in [6, 6.07) is 14.6. The second kappa shape index (κ2) is 6.36. The van der Waals surface area contributed by atoms with E-state index in [0.29, 0.717) is 13.0 Å². The molecule has 0 saturated heterocycles. The van der Waals surface area contributed by atoms with Gasteiger partial charge in [-0.05, 0) is 42.2 Å². The Labute approximate surface area is 146 Å². The lowest BCUT2D eigenvalue weighted by molar-refractivity contribution is -0.133. The zero-order valence-corrected chi connectivity index (χ0v) is 14.3. The molecule has 3 aromatic rings. The highest BCUT2D eigenvalue weighted by molar-refractivity contribution is 5.86. The van der Waals surface area contributed by atoms with Crippen LogP contribution in [0.3, 0.4) is 0 Å². The third-order valence-electron chi connectivity index (χ3n) is 5.00. The molecule has 0 radical (unpaired) electrons. The van der Waals surface area contributed by atoms with Crippen LogP contribution in [0.15, 0.2) is 48.5 Å². The molecule has 4 rings (SSSR count). The van der Waals surface area contributed by atoms with Gasteiger partial charge in [-0.2, -0.15) is 0 Å². The van der Waals surface area contributed by atoms with E-state index in [2.05, 4.69) is 17.1 Å². The Morgan fingerprint density at radius 2 is 1.96 bits per heavy atom. The van der Waals surface area contributed by atoms with Crippen molar-refractivity contribution in [2.75, 3.05) is 6.54 Å². The first-order chi connectivity index (χ1) is 12.2. The number of aromatic amines is 1. The average molecular weight is 336 g/mol. The van der Waals surface area contributed by atoms with Crippen molar-refractivity contribution >= 4 is 16.8 Å². The van der Waals surface area contributed by atoms with Crippen LogP contribution in [0.4, 0.5) is 4.39 Å². The van der Waals surface area contributed by atoms with Crippen molar-refractivity contribution in [2.24, 2.45) is 0 Å². The zero-order valence-electron chi connectivity index (χ0n) is 14.3. The standard InChI is InChI=1S/C21H21FN2O/c1-2-5-19(25)24-13-12-17-16-6-3-4-7-18(16)23-20(17)21(24)14-8-10-15(22)11-9-14/h3-4,6-11,21,23H,2,5,12-13H2,1H3/t21-/m0/s1. The van der Waals surface area contributed by atoms with E-state index in [1.807, 2.05) is 24.0 Å². The van der Waals surface area contributed by atoms with E-state index in [4.69, 9.17) is 0 Å². The number of carbonyl (C=O) groups is 1. The number of carbonyl (C=O) groups excluding carboxylic acids is 1. The van der Waals surface area contributed by atoms with Gasteiger partial charge in [0, 0.05) is 29.6 Å². The highest BCUT2D eigenvalue weighted by Gasteiger charge is 2.33. The number of amides is 1. The number of aromatic nitrogens is 1. The maximum atomic E-state index is 13.4. The maximum absolute atomic E-state index is 13.4. The van der Waals surface area contributed by atoms with Gasteiger partial charge in [-0.3, -0.25) is 4.79 Å².